The molecule has 2 atom stereocenters. The molecule has 0 aliphatic carbocycles. The van der Waals surface area contributed by atoms with E-state index in [1.165, 1.54) is 31.4 Å². The molecule has 1 N–H and O–H groups in total. The molecule has 112 valence electrons. The third kappa shape index (κ3) is 4.58. The van der Waals surface area contributed by atoms with E-state index in [0.717, 1.165) is 13.1 Å². The summed E-state index contributed by atoms with van der Waals surface area (Å²) in [5.41, 5.74) is 0. The Bertz CT molecular complexity index is 408. The second-order valence-corrected chi connectivity index (χ2v) is 6.51. The standard InChI is InChI=1S/C15H24N2O2S/c1-17-7-3-5-12(11-17)10-16-13(9-15(18)19-2)14-6-4-8-20-14/h4,6,8,12-13,16H,3,5,7,9-11H2,1-2H3. The van der Waals surface area contributed by atoms with Gasteiger partial charge in [0.1, 0.15) is 0 Å². The van der Waals surface area contributed by atoms with Crippen LogP contribution in [0.3, 0.4) is 0 Å². The summed E-state index contributed by atoms with van der Waals surface area (Å²) < 4.78 is 4.81. The quantitative estimate of drug-likeness (QED) is 0.818. The van der Waals surface area contributed by atoms with Gasteiger partial charge >= 0.3 is 5.97 Å². The van der Waals surface area contributed by atoms with E-state index in [-0.39, 0.29) is 12.0 Å². The highest BCUT2D eigenvalue weighted by Gasteiger charge is 2.21. The number of hydrogen-bond donors (Lipinski definition) is 1. The number of methoxy groups -OCH3 is 1. The number of nitrogens with zero attached hydrogens (tertiary/aromatic N) is 1. The summed E-state index contributed by atoms with van der Waals surface area (Å²) in [4.78, 5) is 15.1. The Morgan fingerprint density at radius 2 is 2.50 bits per heavy atom. The van der Waals surface area contributed by atoms with Crippen LogP contribution in [0.15, 0.2) is 17.5 Å². The lowest BCUT2D eigenvalue weighted by atomic mass is 9.98. The van der Waals surface area contributed by atoms with Crippen LogP contribution in [0.2, 0.25) is 0 Å². The van der Waals surface area contributed by atoms with Gasteiger partial charge < -0.3 is 15.0 Å². The van der Waals surface area contributed by atoms with Gasteiger partial charge in [-0.15, -0.1) is 11.3 Å². The molecule has 0 amide bonds. The SMILES string of the molecule is COC(=O)CC(NCC1CCCN(C)C1)c1cccs1. The van der Waals surface area contributed by atoms with Crippen molar-refractivity contribution in [2.24, 2.45) is 5.92 Å². The third-order valence-corrected chi connectivity index (χ3v) is 4.85. The van der Waals surface area contributed by atoms with Crippen molar-refractivity contribution in [2.45, 2.75) is 25.3 Å². The number of likely N-dealkylation sites (tertiary alicyclic amines) is 1. The molecule has 2 rings (SSSR count). The van der Waals surface area contributed by atoms with Crippen molar-refractivity contribution in [2.75, 3.05) is 33.8 Å². The molecule has 1 aromatic heterocycles. The zero-order valence-electron chi connectivity index (χ0n) is 12.3. The number of ether oxygens (including phenoxy) is 1. The minimum atomic E-state index is -0.156. The topological polar surface area (TPSA) is 41.6 Å². The molecular formula is C15H24N2O2S. The van der Waals surface area contributed by atoms with Crippen LogP contribution in [0.1, 0.15) is 30.2 Å². The van der Waals surface area contributed by atoms with Gasteiger partial charge in [0.15, 0.2) is 0 Å². The fourth-order valence-corrected chi connectivity index (χ4v) is 3.56. The van der Waals surface area contributed by atoms with Crippen LogP contribution in [-0.2, 0) is 9.53 Å². The van der Waals surface area contributed by atoms with Crippen molar-refractivity contribution in [1.82, 2.24) is 10.2 Å². The summed E-state index contributed by atoms with van der Waals surface area (Å²) in [6, 6.07) is 4.19. The normalized spacial score (nSPS) is 21.6. The molecule has 0 saturated carbocycles. The van der Waals surface area contributed by atoms with Crippen LogP contribution in [0, 0.1) is 5.92 Å². The maximum atomic E-state index is 11.6. The molecule has 0 bridgehead atoms. The van der Waals surface area contributed by atoms with E-state index in [9.17, 15) is 4.79 Å². The van der Waals surface area contributed by atoms with Crippen molar-refractivity contribution in [3.8, 4) is 0 Å². The molecule has 2 heterocycles. The molecule has 0 aromatic carbocycles. The summed E-state index contributed by atoms with van der Waals surface area (Å²) >= 11 is 1.69. The van der Waals surface area contributed by atoms with E-state index in [2.05, 4.69) is 28.7 Å². The zero-order chi connectivity index (χ0) is 14.4. The van der Waals surface area contributed by atoms with Crippen LogP contribution in [0.25, 0.3) is 0 Å². The Morgan fingerprint density at radius 1 is 1.65 bits per heavy atom. The van der Waals surface area contributed by atoms with Gasteiger partial charge in [-0.1, -0.05) is 6.07 Å². The molecule has 1 aliphatic heterocycles. The lowest BCUT2D eigenvalue weighted by molar-refractivity contribution is -0.141. The first-order valence-corrected chi connectivity index (χ1v) is 8.09. The largest absolute Gasteiger partial charge is 0.469 e. The van der Waals surface area contributed by atoms with Gasteiger partial charge in [0, 0.05) is 11.4 Å². The average Bonchev–Trinajstić information content (AvgIpc) is 2.97. The Labute approximate surface area is 125 Å². The fraction of sp³-hybridized carbons (Fsp3) is 0.667. The molecule has 1 aromatic rings. The Morgan fingerprint density at radius 3 is 3.15 bits per heavy atom. The van der Waals surface area contributed by atoms with Gasteiger partial charge in [0.2, 0.25) is 0 Å². The van der Waals surface area contributed by atoms with Gasteiger partial charge in [0.25, 0.3) is 0 Å². The minimum Gasteiger partial charge on any atom is -0.469 e. The molecule has 5 heteroatoms. The number of piperidine rings is 1. The molecule has 20 heavy (non-hydrogen) atoms. The van der Waals surface area contributed by atoms with Crippen molar-refractivity contribution in [1.29, 1.82) is 0 Å². The summed E-state index contributed by atoms with van der Waals surface area (Å²) in [7, 11) is 3.63. The number of nitrogens with one attached hydrogen (secondary N) is 1. The lowest BCUT2D eigenvalue weighted by Crippen LogP contribution is -2.38. The maximum Gasteiger partial charge on any atom is 0.307 e. The molecule has 4 nitrogen and oxygen atoms in total. The number of hydrogen-bond acceptors (Lipinski definition) is 5. The number of rotatable bonds is 6. The van der Waals surface area contributed by atoms with Gasteiger partial charge in [0.05, 0.1) is 19.6 Å². The van der Waals surface area contributed by atoms with Crippen LogP contribution in [-0.4, -0.2) is 44.7 Å². The molecular weight excluding hydrogens is 272 g/mol. The monoisotopic (exact) mass is 296 g/mol. The van der Waals surface area contributed by atoms with Gasteiger partial charge in [-0.05, 0) is 50.3 Å². The molecule has 2 unspecified atom stereocenters. The Balaban J connectivity index is 1.88. The maximum absolute atomic E-state index is 11.6. The molecule has 0 spiro atoms. The highest BCUT2D eigenvalue weighted by molar-refractivity contribution is 7.10. The number of esters is 1. The number of carbonyl (C=O) groups is 1. The number of thiophene rings is 1. The fourth-order valence-electron chi connectivity index (χ4n) is 2.76. The lowest BCUT2D eigenvalue weighted by Gasteiger charge is -2.31. The second-order valence-electron chi connectivity index (χ2n) is 5.53. The van der Waals surface area contributed by atoms with Gasteiger partial charge in [-0.3, -0.25) is 4.79 Å². The van der Waals surface area contributed by atoms with Gasteiger partial charge in [-0.2, -0.15) is 0 Å². The van der Waals surface area contributed by atoms with Crippen LogP contribution < -0.4 is 5.32 Å². The van der Waals surface area contributed by atoms with Crippen molar-refractivity contribution in [3.05, 3.63) is 22.4 Å². The second kappa shape index (κ2) is 7.76. The highest BCUT2D eigenvalue weighted by Crippen LogP contribution is 2.23. The number of carbonyl (C=O) groups excluding carboxylic acids is 1. The average molecular weight is 296 g/mol. The molecule has 1 saturated heterocycles. The first kappa shape index (κ1) is 15.5. The predicted octanol–water partition coefficient (Wildman–Crippen LogP) is 2.28. The van der Waals surface area contributed by atoms with E-state index >= 15 is 0 Å². The Kier molecular flexibility index (Phi) is 6.01. The van der Waals surface area contributed by atoms with E-state index in [1.54, 1.807) is 11.3 Å². The summed E-state index contributed by atoms with van der Waals surface area (Å²) in [6.45, 7) is 3.30. The van der Waals surface area contributed by atoms with Crippen molar-refractivity contribution < 1.29 is 9.53 Å². The van der Waals surface area contributed by atoms with Gasteiger partial charge in [-0.25, -0.2) is 0 Å². The molecule has 0 radical (unpaired) electrons. The smallest absolute Gasteiger partial charge is 0.307 e. The van der Waals surface area contributed by atoms with Crippen LogP contribution in [0.5, 0.6) is 0 Å². The third-order valence-electron chi connectivity index (χ3n) is 3.86. The molecule has 1 fully saturated rings. The zero-order valence-corrected chi connectivity index (χ0v) is 13.1. The molecule has 1 aliphatic rings. The minimum absolute atomic E-state index is 0.0784. The van der Waals surface area contributed by atoms with E-state index in [0.29, 0.717) is 12.3 Å². The first-order chi connectivity index (χ1) is 9.69. The van der Waals surface area contributed by atoms with E-state index in [4.69, 9.17) is 4.74 Å². The summed E-state index contributed by atoms with van der Waals surface area (Å²) in [5, 5.41) is 5.61. The van der Waals surface area contributed by atoms with E-state index < -0.39 is 0 Å². The summed E-state index contributed by atoms with van der Waals surface area (Å²) in [5.74, 6) is 0.519. The van der Waals surface area contributed by atoms with Crippen LogP contribution >= 0.6 is 11.3 Å². The van der Waals surface area contributed by atoms with Crippen molar-refractivity contribution >= 4 is 17.3 Å². The van der Waals surface area contributed by atoms with Crippen LogP contribution in [0.4, 0.5) is 0 Å². The van der Waals surface area contributed by atoms with Crippen molar-refractivity contribution in [3.63, 3.8) is 0 Å². The predicted molar refractivity (Wildman–Crippen MR) is 81.9 cm³/mol. The first-order valence-electron chi connectivity index (χ1n) is 7.21. The Hall–Kier alpha value is -0.910. The summed E-state index contributed by atoms with van der Waals surface area (Å²) in [6.07, 6.45) is 2.94. The highest BCUT2D eigenvalue weighted by atomic mass is 32.1. The van der Waals surface area contributed by atoms with E-state index in [1.807, 2.05) is 6.07 Å².